The van der Waals surface area contributed by atoms with Gasteiger partial charge in [0.2, 0.25) is 5.91 Å². The number of aliphatic hydroxyl groups is 1. The van der Waals surface area contributed by atoms with Crippen LogP contribution in [0.2, 0.25) is 0 Å². The molecule has 0 fully saturated rings. The Morgan fingerprint density at radius 2 is 1.97 bits per heavy atom. The summed E-state index contributed by atoms with van der Waals surface area (Å²) in [6, 6.07) is 9.42. The number of anilines is 1. The summed E-state index contributed by atoms with van der Waals surface area (Å²) >= 11 is 0. The van der Waals surface area contributed by atoms with Gasteiger partial charge in [-0.15, -0.1) is 24.0 Å². The zero-order valence-electron chi connectivity index (χ0n) is 17.6. The second kappa shape index (κ2) is 11.2. The van der Waals surface area contributed by atoms with E-state index in [4.69, 9.17) is 4.42 Å². The Balaban J connectivity index is 0.00000420. The van der Waals surface area contributed by atoms with Gasteiger partial charge in [0.1, 0.15) is 17.1 Å². The highest BCUT2D eigenvalue weighted by Crippen LogP contribution is 2.26. The van der Waals surface area contributed by atoms with Gasteiger partial charge in [0.05, 0.1) is 13.1 Å². The fourth-order valence-electron chi connectivity index (χ4n) is 2.98. The van der Waals surface area contributed by atoms with Crippen molar-refractivity contribution >= 4 is 41.5 Å². The van der Waals surface area contributed by atoms with E-state index in [1.54, 1.807) is 6.92 Å². The molecule has 8 heteroatoms. The highest BCUT2D eigenvalue weighted by Gasteiger charge is 2.27. The molecule has 0 aliphatic carbocycles. The van der Waals surface area contributed by atoms with Gasteiger partial charge >= 0.3 is 0 Å². The number of carbonyl (C=O) groups excluding carboxylic acids is 1. The van der Waals surface area contributed by atoms with Crippen LogP contribution in [-0.2, 0) is 16.9 Å². The molecule has 2 aromatic rings. The van der Waals surface area contributed by atoms with Crippen LogP contribution < -0.4 is 16.0 Å². The molecule has 0 bridgehead atoms. The molecule has 160 valence electrons. The lowest BCUT2D eigenvalue weighted by molar-refractivity contribution is -0.114. The number of nitrogens with zero attached hydrogens (tertiary/aromatic N) is 1. The SMILES string of the molecule is CCNC(=NCc1cccc(NC(C)=O)c1)NCC(C)(O)c1cc(C)oc1C.I. The number of aliphatic imine (C=N–C) groups is 1. The number of aryl methyl sites for hydroxylation is 2. The first kappa shape index (κ1) is 25.0. The minimum absolute atomic E-state index is 0. The number of benzene rings is 1. The molecule has 0 spiro atoms. The molecular formula is C21H31IN4O3. The van der Waals surface area contributed by atoms with Gasteiger partial charge in [0.15, 0.2) is 5.96 Å². The van der Waals surface area contributed by atoms with Gasteiger partial charge < -0.3 is 25.5 Å². The highest BCUT2D eigenvalue weighted by atomic mass is 127. The van der Waals surface area contributed by atoms with Gasteiger partial charge in [0, 0.05) is 24.7 Å². The van der Waals surface area contributed by atoms with E-state index in [1.807, 2.05) is 51.1 Å². The highest BCUT2D eigenvalue weighted by molar-refractivity contribution is 14.0. The molecule has 7 nitrogen and oxygen atoms in total. The average molecular weight is 514 g/mol. The lowest BCUT2D eigenvalue weighted by Gasteiger charge is -2.24. The van der Waals surface area contributed by atoms with E-state index in [1.165, 1.54) is 6.92 Å². The zero-order chi connectivity index (χ0) is 20.7. The Hall–Kier alpha value is -2.07. The molecule has 0 saturated carbocycles. The van der Waals surface area contributed by atoms with Crippen LogP contribution in [0.3, 0.4) is 0 Å². The average Bonchev–Trinajstić information content (AvgIpc) is 2.96. The van der Waals surface area contributed by atoms with Gasteiger partial charge in [-0.05, 0) is 51.5 Å². The summed E-state index contributed by atoms with van der Waals surface area (Å²) in [4.78, 5) is 15.8. The third-order valence-corrected chi connectivity index (χ3v) is 4.23. The van der Waals surface area contributed by atoms with E-state index in [0.29, 0.717) is 24.8 Å². The Labute approximate surface area is 189 Å². The maximum Gasteiger partial charge on any atom is 0.221 e. The van der Waals surface area contributed by atoms with Crippen LogP contribution in [0.15, 0.2) is 39.7 Å². The molecule has 0 radical (unpaired) electrons. The number of hydrogen-bond donors (Lipinski definition) is 4. The van der Waals surface area contributed by atoms with Crippen molar-refractivity contribution in [3.8, 4) is 0 Å². The van der Waals surface area contributed by atoms with Crippen molar-refractivity contribution < 1.29 is 14.3 Å². The summed E-state index contributed by atoms with van der Waals surface area (Å²) in [6.07, 6.45) is 0. The van der Waals surface area contributed by atoms with Gasteiger partial charge in [-0.25, -0.2) is 4.99 Å². The molecule has 1 unspecified atom stereocenters. The number of hydrogen-bond acceptors (Lipinski definition) is 4. The van der Waals surface area contributed by atoms with E-state index >= 15 is 0 Å². The maximum atomic E-state index is 11.2. The van der Waals surface area contributed by atoms with Gasteiger partial charge in [-0.3, -0.25) is 4.79 Å². The van der Waals surface area contributed by atoms with Crippen molar-refractivity contribution in [3.05, 3.63) is 53.0 Å². The number of guanidine groups is 1. The molecule has 0 aliphatic rings. The van der Waals surface area contributed by atoms with Gasteiger partial charge in [-0.2, -0.15) is 0 Å². The fraction of sp³-hybridized carbons (Fsp3) is 0.429. The van der Waals surface area contributed by atoms with Crippen LogP contribution in [0.25, 0.3) is 0 Å². The van der Waals surface area contributed by atoms with Crippen LogP contribution in [-0.4, -0.2) is 30.1 Å². The monoisotopic (exact) mass is 514 g/mol. The third kappa shape index (κ3) is 7.69. The minimum Gasteiger partial charge on any atom is -0.466 e. The van der Waals surface area contributed by atoms with Crippen molar-refractivity contribution in [1.82, 2.24) is 10.6 Å². The molecule has 29 heavy (non-hydrogen) atoms. The predicted molar refractivity (Wildman–Crippen MR) is 127 cm³/mol. The van der Waals surface area contributed by atoms with Crippen molar-refractivity contribution in [1.29, 1.82) is 0 Å². The third-order valence-electron chi connectivity index (χ3n) is 4.23. The van der Waals surface area contributed by atoms with Crippen molar-refractivity contribution in [3.63, 3.8) is 0 Å². The quantitative estimate of drug-likeness (QED) is 0.258. The molecule has 1 heterocycles. The van der Waals surface area contributed by atoms with Crippen LogP contribution in [0.1, 0.15) is 43.4 Å². The summed E-state index contributed by atoms with van der Waals surface area (Å²) in [6.45, 7) is 10.3. The Morgan fingerprint density at radius 3 is 2.55 bits per heavy atom. The van der Waals surface area contributed by atoms with E-state index in [2.05, 4.69) is 20.9 Å². The van der Waals surface area contributed by atoms with Crippen molar-refractivity contribution in [2.75, 3.05) is 18.4 Å². The molecule has 1 amide bonds. The predicted octanol–water partition coefficient (Wildman–Crippen LogP) is 3.44. The first-order chi connectivity index (χ1) is 13.2. The Morgan fingerprint density at radius 1 is 1.24 bits per heavy atom. The van der Waals surface area contributed by atoms with Crippen molar-refractivity contribution in [2.45, 2.75) is 46.8 Å². The molecule has 1 aromatic heterocycles. The Kier molecular flexibility index (Phi) is 9.64. The van der Waals surface area contributed by atoms with Crippen molar-refractivity contribution in [2.24, 2.45) is 4.99 Å². The zero-order valence-corrected chi connectivity index (χ0v) is 20.0. The second-order valence-electron chi connectivity index (χ2n) is 7.03. The first-order valence-electron chi connectivity index (χ1n) is 9.40. The Bertz CT molecular complexity index is 846. The normalized spacial score (nSPS) is 13.2. The lowest BCUT2D eigenvalue weighted by atomic mass is 9.96. The number of rotatable bonds is 7. The van der Waals surface area contributed by atoms with Gasteiger partial charge in [-0.1, -0.05) is 12.1 Å². The largest absolute Gasteiger partial charge is 0.466 e. The smallest absolute Gasteiger partial charge is 0.221 e. The fourth-order valence-corrected chi connectivity index (χ4v) is 2.98. The summed E-state index contributed by atoms with van der Waals surface area (Å²) in [5, 5.41) is 20.0. The number of furan rings is 1. The summed E-state index contributed by atoms with van der Waals surface area (Å²) in [5.74, 6) is 1.97. The number of halogens is 1. The topological polar surface area (TPSA) is 98.9 Å². The van der Waals surface area contributed by atoms with E-state index in [9.17, 15) is 9.90 Å². The van der Waals surface area contributed by atoms with E-state index in [0.717, 1.165) is 22.6 Å². The molecule has 0 aliphatic heterocycles. The van der Waals surface area contributed by atoms with E-state index in [-0.39, 0.29) is 36.4 Å². The second-order valence-corrected chi connectivity index (χ2v) is 7.03. The first-order valence-corrected chi connectivity index (χ1v) is 9.40. The van der Waals surface area contributed by atoms with Crippen LogP contribution in [0, 0.1) is 13.8 Å². The molecular weight excluding hydrogens is 483 g/mol. The molecule has 1 aromatic carbocycles. The number of amides is 1. The minimum atomic E-state index is -1.09. The summed E-state index contributed by atoms with van der Waals surface area (Å²) in [7, 11) is 0. The standard InChI is InChI=1S/C21H30N4O3.HI/c1-6-22-20(23-12-17-8-7-9-18(11-17)25-16(4)26)24-13-21(5,27)19-10-14(2)28-15(19)3;/h7-11,27H,6,12-13H2,1-5H3,(H,25,26)(H2,22,23,24);1H. The summed E-state index contributed by atoms with van der Waals surface area (Å²) < 4.78 is 5.54. The maximum absolute atomic E-state index is 11.2. The number of carbonyl (C=O) groups is 1. The molecule has 0 saturated heterocycles. The summed E-state index contributed by atoms with van der Waals surface area (Å²) in [5.41, 5.74) is 1.38. The number of nitrogens with one attached hydrogen (secondary N) is 3. The van der Waals surface area contributed by atoms with Crippen LogP contribution >= 0.6 is 24.0 Å². The van der Waals surface area contributed by atoms with Crippen LogP contribution in [0.4, 0.5) is 5.69 Å². The van der Waals surface area contributed by atoms with E-state index < -0.39 is 5.60 Å². The molecule has 4 N–H and O–H groups in total. The molecule has 1 atom stereocenters. The van der Waals surface area contributed by atoms with Crippen LogP contribution in [0.5, 0.6) is 0 Å². The lowest BCUT2D eigenvalue weighted by Crippen LogP contribution is -2.44. The van der Waals surface area contributed by atoms with Gasteiger partial charge in [0.25, 0.3) is 0 Å². The molecule has 2 rings (SSSR count).